The molecule has 0 aliphatic heterocycles. The van der Waals surface area contributed by atoms with E-state index in [-0.39, 0.29) is 17.1 Å². The molecule has 1 aromatic carbocycles. The van der Waals surface area contributed by atoms with E-state index in [1.165, 1.54) is 24.4 Å². The van der Waals surface area contributed by atoms with Crippen molar-refractivity contribution in [3.63, 3.8) is 0 Å². The molecule has 5 nitrogen and oxygen atoms in total. The number of rotatable bonds is 10. The number of hydrogen-bond acceptors (Lipinski definition) is 4. The van der Waals surface area contributed by atoms with Crippen molar-refractivity contribution in [2.75, 3.05) is 0 Å². The minimum Gasteiger partial charge on any atom is -0.508 e. The Bertz CT molecular complexity index is 1090. The average Bonchev–Trinajstić information content (AvgIpc) is 2.76. The molecule has 0 fully saturated rings. The Morgan fingerprint density at radius 1 is 1.12 bits per heavy atom. The number of ketones is 1. The number of aromatic amines is 1. The zero-order valence-corrected chi connectivity index (χ0v) is 18.8. The van der Waals surface area contributed by atoms with E-state index in [1.807, 2.05) is 26.0 Å². The van der Waals surface area contributed by atoms with E-state index in [0.29, 0.717) is 17.0 Å². The molecule has 0 aliphatic carbocycles. The quantitative estimate of drug-likeness (QED) is 0.241. The van der Waals surface area contributed by atoms with Crippen molar-refractivity contribution in [1.29, 1.82) is 0 Å². The fourth-order valence-corrected chi connectivity index (χ4v) is 3.18. The number of phenols is 1. The molecule has 0 unspecified atom stereocenters. The third kappa shape index (κ3) is 7.27. The molecule has 0 amide bonds. The highest BCUT2D eigenvalue weighted by Gasteiger charge is 2.18. The number of pyridine rings is 1. The van der Waals surface area contributed by atoms with Gasteiger partial charge in [-0.05, 0) is 62.8 Å². The summed E-state index contributed by atoms with van der Waals surface area (Å²) in [5, 5.41) is 20.0. The normalized spacial score (nSPS) is 13.4. The Morgan fingerprint density at radius 2 is 1.84 bits per heavy atom. The fourth-order valence-electron chi connectivity index (χ4n) is 3.18. The number of carbonyl (C=O) groups excluding carboxylic acids is 1. The Labute approximate surface area is 189 Å². The molecule has 0 bridgehead atoms. The zero-order valence-electron chi connectivity index (χ0n) is 18.8. The van der Waals surface area contributed by atoms with E-state index in [1.54, 1.807) is 18.2 Å². The molecular formula is C27H31NO4. The van der Waals surface area contributed by atoms with E-state index < -0.39 is 11.3 Å². The molecule has 0 saturated carbocycles. The lowest BCUT2D eigenvalue weighted by Gasteiger charge is -2.08. The Hall–Kier alpha value is -3.60. The number of benzene rings is 1. The fraction of sp³-hybridized carbons (Fsp3) is 0.259. The van der Waals surface area contributed by atoms with Crippen LogP contribution in [0.25, 0.3) is 11.1 Å². The smallest absolute Gasteiger partial charge is 0.263 e. The second-order valence-corrected chi connectivity index (χ2v) is 7.82. The Kier molecular flexibility index (Phi) is 9.48. The maximum Gasteiger partial charge on any atom is 0.263 e. The molecule has 2 aromatic rings. The van der Waals surface area contributed by atoms with Crippen LogP contribution >= 0.6 is 0 Å². The average molecular weight is 434 g/mol. The summed E-state index contributed by atoms with van der Waals surface area (Å²) in [6.07, 6.45) is 17.6. The van der Waals surface area contributed by atoms with Gasteiger partial charge in [0.05, 0.1) is 0 Å². The molecule has 168 valence electrons. The molecule has 2 rings (SSSR count). The molecule has 1 atom stereocenters. The van der Waals surface area contributed by atoms with Gasteiger partial charge in [-0.15, -0.1) is 0 Å². The van der Waals surface area contributed by atoms with Gasteiger partial charge in [-0.3, -0.25) is 9.59 Å². The van der Waals surface area contributed by atoms with Gasteiger partial charge in [0.2, 0.25) is 0 Å². The van der Waals surface area contributed by atoms with Crippen molar-refractivity contribution < 1.29 is 15.0 Å². The number of aromatic nitrogens is 1. The van der Waals surface area contributed by atoms with Crippen LogP contribution < -0.4 is 5.56 Å². The van der Waals surface area contributed by atoms with Gasteiger partial charge in [0.15, 0.2) is 5.78 Å². The largest absolute Gasteiger partial charge is 0.508 e. The SMILES string of the molecule is C/C=C/C=C\C[C@@H](C)CC/C=C(C)/C=C/C(=O)c1c(O)c(-c2ccc(O)cc2)c[nH]c1=O. The maximum atomic E-state index is 12.6. The number of carbonyl (C=O) groups is 1. The number of hydrogen-bond donors (Lipinski definition) is 3. The predicted molar refractivity (Wildman–Crippen MR) is 130 cm³/mol. The van der Waals surface area contributed by atoms with Gasteiger partial charge in [-0.25, -0.2) is 0 Å². The van der Waals surface area contributed by atoms with Crippen LogP contribution in [0.5, 0.6) is 11.5 Å². The number of phenolic OH excluding ortho intramolecular Hbond substituents is 1. The molecule has 3 N–H and O–H groups in total. The molecular weight excluding hydrogens is 402 g/mol. The molecule has 32 heavy (non-hydrogen) atoms. The molecule has 0 saturated heterocycles. The lowest BCUT2D eigenvalue weighted by atomic mass is 10.00. The topological polar surface area (TPSA) is 90.4 Å². The predicted octanol–water partition coefficient (Wildman–Crippen LogP) is 6.08. The van der Waals surface area contributed by atoms with Gasteiger partial charge in [-0.1, -0.05) is 61.1 Å². The molecule has 0 radical (unpaired) electrons. The van der Waals surface area contributed by atoms with Gasteiger partial charge >= 0.3 is 0 Å². The second kappa shape index (κ2) is 12.3. The van der Waals surface area contributed by atoms with Gasteiger partial charge in [-0.2, -0.15) is 0 Å². The summed E-state index contributed by atoms with van der Waals surface area (Å²) in [6, 6.07) is 6.12. The van der Waals surface area contributed by atoms with Gasteiger partial charge in [0, 0.05) is 11.8 Å². The number of allylic oxidation sites excluding steroid dienone is 8. The van der Waals surface area contributed by atoms with E-state index >= 15 is 0 Å². The van der Waals surface area contributed by atoms with Crippen LogP contribution in [0.3, 0.4) is 0 Å². The van der Waals surface area contributed by atoms with E-state index in [0.717, 1.165) is 24.8 Å². The summed E-state index contributed by atoms with van der Waals surface area (Å²) in [7, 11) is 0. The lowest BCUT2D eigenvalue weighted by molar-refractivity contribution is 0.104. The third-order valence-electron chi connectivity index (χ3n) is 5.09. The van der Waals surface area contributed by atoms with Gasteiger partial charge in [0.1, 0.15) is 17.1 Å². The number of aromatic hydroxyl groups is 2. The van der Waals surface area contributed by atoms with Crippen LogP contribution in [0.4, 0.5) is 0 Å². The van der Waals surface area contributed by atoms with E-state index in [2.05, 4.69) is 30.1 Å². The Balaban J connectivity index is 2.06. The van der Waals surface area contributed by atoms with Crippen molar-refractivity contribution in [2.24, 2.45) is 5.92 Å². The Morgan fingerprint density at radius 3 is 2.53 bits per heavy atom. The summed E-state index contributed by atoms with van der Waals surface area (Å²) < 4.78 is 0. The van der Waals surface area contributed by atoms with Gasteiger partial charge < -0.3 is 15.2 Å². The van der Waals surface area contributed by atoms with Crippen LogP contribution in [0.1, 0.15) is 50.4 Å². The van der Waals surface area contributed by atoms with E-state index in [4.69, 9.17) is 0 Å². The molecule has 5 heteroatoms. The van der Waals surface area contributed by atoms with E-state index in [9.17, 15) is 19.8 Å². The zero-order chi connectivity index (χ0) is 23.5. The highest BCUT2D eigenvalue weighted by molar-refractivity contribution is 6.07. The summed E-state index contributed by atoms with van der Waals surface area (Å²) in [4.78, 5) is 27.3. The van der Waals surface area contributed by atoms with Crippen molar-refractivity contribution in [3.05, 3.63) is 94.5 Å². The van der Waals surface area contributed by atoms with Crippen molar-refractivity contribution in [1.82, 2.24) is 4.98 Å². The van der Waals surface area contributed by atoms with Crippen LogP contribution in [0, 0.1) is 5.92 Å². The first-order chi connectivity index (χ1) is 15.3. The van der Waals surface area contributed by atoms with Crippen LogP contribution in [0.2, 0.25) is 0 Å². The first-order valence-corrected chi connectivity index (χ1v) is 10.7. The van der Waals surface area contributed by atoms with Crippen LogP contribution in [-0.2, 0) is 0 Å². The summed E-state index contributed by atoms with van der Waals surface area (Å²) in [5.74, 6) is -0.307. The summed E-state index contributed by atoms with van der Waals surface area (Å²) >= 11 is 0. The molecule has 0 spiro atoms. The van der Waals surface area contributed by atoms with Crippen LogP contribution in [-0.4, -0.2) is 21.0 Å². The minimum absolute atomic E-state index is 0.0821. The molecule has 1 heterocycles. The van der Waals surface area contributed by atoms with Gasteiger partial charge in [0.25, 0.3) is 5.56 Å². The second-order valence-electron chi connectivity index (χ2n) is 7.82. The standard InChI is InChI=1S/C27H31NO4/c1-4-5-6-7-9-19(2)10-8-11-20(3)12-17-24(30)25-26(31)23(18-28-27(25)32)21-13-15-22(29)16-14-21/h4-7,11-19,29H,8-10H2,1-3H3,(H2,28,31,32)/b5-4+,7-6-,17-12+,20-11+/t19-/m1/s1. The molecule has 1 aromatic heterocycles. The lowest BCUT2D eigenvalue weighted by Crippen LogP contribution is -2.16. The summed E-state index contributed by atoms with van der Waals surface area (Å²) in [5.41, 5.74) is 0.842. The third-order valence-corrected chi connectivity index (χ3v) is 5.09. The van der Waals surface area contributed by atoms with Crippen molar-refractivity contribution >= 4 is 5.78 Å². The van der Waals surface area contributed by atoms with Crippen molar-refractivity contribution in [3.8, 4) is 22.6 Å². The highest BCUT2D eigenvalue weighted by Crippen LogP contribution is 2.31. The monoisotopic (exact) mass is 433 g/mol. The number of H-pyrrole nitrogens is 1. The first kappa shape index (κ1) is 24.7. The number of nitrogens with one attached hydrogen (secondary N) is 1. The van der Waals surface area contributed by atoms with Crippen molar-refractivity contribution in [2.45, 2.75) is 40.0 Å². The highest BCUT2D eigenvalue weighted by atomic mass is 16.3. The summed E-state index contributed by atoms with van der Waals surface area (Å²) in [6.45, 7) is 6.10. The first-order valence-electron chi connectivity index (χ1n) is 10.7. The van der Waals surface area contributed by atoms with Crippen LogP contribution in [0.15, 0.2) is 83.4 Å². The minimum atomic E-state index is -0.652. The molecule has 0 aliphatic rings. The maximum absolute atomic E-state index is 12.6.